The molecule has 0 bridgehead atoms. The van der Waals surface area contributed by atoms with Crippen LogP contribution >= 0.6 is 11.3 Å². The van der Waals surface area contributed by atoms with Crippen LogP contribution in [0.25, 0.3) is 22.4 Å². The Bertz CT molecular complexity index is 825. The van der Waals surface area contributed by atoms with Gasteiger partial charge in [0.2, 0.25) is 5.82 Å². The van der Waals surface area contributed by atoms with E-state index in [1.54, 1.807) is 18.4 Å². The van der Waals surface area contributed by atoms with Crippen molar-refractivity contribution < 1.29 is 9.26 Å². The number of methoxy groups -OCH3 is 1. The van der Waals surface area contributed by atoms with Crippen molar-refractivity contribution in [3.05, 3.63) is 53.2 Å². The van der Waals surface area contributed by atoms with Crippen molar-refractivity contribution in [2.75, 3.05) is 13.7 Å². The van der Waals surface area contributed by atoms with Crippen LogP contribution in [0.2, 0.25) is 0 Å². The third kappa shape index (κ3) is 4.35. The van der Waals surface area contributed by atoms with Gasteiger partial charge in [-0.15, -0.1) is 11.3 Å². The predicted molar refractivity (Wildman–Crippen MR) is 101 cm³/mol. The molecule has 5 nitrogen and oxygen atoms in total. The molecule has 0 saturated heterocycles. The molecule has 1 aromatic carbocycles. The third-order valence-electron chi connectivity index (χ3n) is 3.81. The molecule has 130 valence electrons. The maximum atomic E-state index is 5.63. The molecule has 0 atom stereocenters. The fourth-order valence-corrected chi connectivity index (χ4v) is 3.18. The Balaban J connectivity index is 1.93. The number of para-hydroxylation sites is 1. The van der Waals surface area contributed by atoms with Crippen LogP contribution in [0, 0.1) is 0 Å². The zero-order chi connectivity index (χ0) is 17.5. The summed E-state index contributed by atoms with van der Waals surface area (Å²) in [6.07, 6.45) is 4.80. The lowest BCUT2D eigenvalue weighted by Crippen LogP contribution is -1.98. The van der Waals surface area contributed by atoms with Crippen molar-refractivity contribution in [3.63, 3.8) is 0 Å². The first kappa shape index (κ1) is 17.4. The van der Waals surface area contributed by atoms with Gasteiger partial charge in [-0.2, -0.15) is 4.98 Å². The van der Waals surface area contributed by atoms with Gasteiger partial charge in [-0.05, 0) is 49.4 Å². The van der Waals surface area contributed by atoms with Crippen LogP contribution in [-0.4, -0.2) is 23.8 Å². The minimum Gasteiger partial charge on any atom is -0.496 e. The quantitative estimate of drug-likeness (QED) is 0.603. The molecule has 0 saturated carbocycles. The van der Waals surface area contributed by atoms with Crippen molar-refractivity contribution in [2.24, 2.45) is 5.73 Å². The van der Waals surface area contributed by atoms with Crippen LogP contribution in [0.3, 0.4) is 0 Å². The van der Waals surface area contributed by atoms with E-state index in [-0.39, 0.29) is 0 Å². The van der Waals surface area contributed by atoms with Crippen LogP contribution in [0.15, 0.2) is 46.3 Å². The molecule has 3 aromatic rings. The van der Waals surface area contributed by atoms with Gasteiger partial charge in [0.15, 0.2) is 0 Å². The second-order valence-electron chi connectivity index (χ2n) is 5.56. The second-order valence-corrected chi connectivity index (χ2v) is 6.51. The Labute approximate surface area is 151 Å². The molecular formula is C19H21N3O2S. The number of nitrogens with zero attached hydrogens (tertiary/aromatic N) is 2. The molecular weight excluding hydrogens is 334 g/mol. The highest BCUT2D eigenvalue weighted by Gasteiger charge is 2.14. The number of rotatable bonds is 8. The minimum absolute atomic E-state index is 0.548. The maximum absolute atomic E-state index is 5.63. The summed E-state index contributed by atoms with van der Waals surface area (Å²) in [5.41, 5.74) is 7.61. The molecule has 0 aliphatic rings. The standard InChI is InChI=1S/C19H21N3O2S/c1-23-16-9-3-2-7-14(16)13-15(8-4-5-11-20)19-21-18(22-24-19)17-10-6-12-25-17/h2-3,6-7,9-10,12-13H,4-5,8,11,20H2,1H3/b15-13+. The topological polar surface area (TPSA) is 74.2 Å². The van der Waals surface area contributed by atoms with E-state index < -0.39 is 0 Å². The number of unbranched alkanes of at least 4 members (excludes halogenated alkanes) is 1. The van der Waals surface area contributed by atoms with E-state index in [4.69, 9.17) is 15.0 Å². The van der Waals surface area contributed by atoms with E-state index in [0.29, 0.717) is 18.3 Å². The van der Waals surface area contributed by atoms with Crippen molar-refractivity contribution in [3.8, 4) is 16.5 Å². The Morgan fingerprint density at radius 1 is 1.24 bits per heavy atom. The van der Waals surface area contributed by atoms with Gasteiger partial charge in [0.25, 0.3) is 5.89 Å². The van der Waals surface area contributed by atoms with Gasteiger partial charge in [-0.3, -0.25) is 0 Å². The van der Waals surface area contributed by atoms with Gasteiger partial charge < -0.3 is 15.0 Å². The van der Waals surface area contributed by atoms with Crippen LogP contribution in [0.4, 0.5) is 0 Å². The largest absolute Gasteiger partial charge is 0.496 e. The summed E-state index contributed by atoms with van der Waals surface area (Å²) in [4.78, 5) is 5.57. The van der Waals surface area contributed by atoms with Crippen molar-refractivity contribution in [1.29, 1.82) is 0 Å². The summed E-state index contributed by atoms with van der Waals surface area (Å²) in [7, 11) is 1.67. The number of hydrogen-bond acceptors (Lipinski definition) is 6. The molecule has 2 aromatic heterocycles. The number of ether oxygens (including phenoxy) is 1. The Morgan fingerprint density at radius 2 is 2.12 bits per heavy atom. The zero-order valence-electron chi connectivity index (χ0n) is 14.1. The van der Waals surface area contributed by atoms with Gasteiger partial charge in [0.1, 0.15) is 5.75 Å². The van der Waals surface area contributed by atoms with Gasteiger partial charge in [0, 0.05) is 11.1 Å². The molecule has 2 heterocycles. The number of thiophene rings is 1. The lowest BCUT2D eigenvalue weighted by molar-refractivity contribution is 0.406. The highest BCUT2D eigenvalue weighted by atomic mass is 32.1. The highest BCUT2D eigenvalue weighted by Crippen LogP contribution is 2.29. The average Bonchev–Trinajstić information content (AvgIpc) is 3.33. The highest BCUT2D eigenvalue weighted by molar-refractivity contribution is 7.13. The molecule has 0 fully saturated rings. The lowest BCUT2D eigenvalue weighted by atomic mass is 10.0. The summed E-state index contributed by atoms with van der Waals surface area (Å²) < 4.78 is 11.0. The summed E-state index contributed by atoms with van der Waals surface area (Å²) in [6.45, 7) is 0.673. The molecule has 0 unspecified atom stereocenters. The molecule has 0 aliphatic carbocycles. The van der Waals surface area contributed by atoms with E-state index in [9.17, 15) is 0 Å². The average molecular weight is 355 g/mol. The predicted octanol–water partition coefficient (Wildman–Crippen LogP) is 4.48. The summed E-state index contributed by atoms with van der Waals surface area (Å²) in [6, 6.07) is 11.8. The van der Waals surface area contributed by atoms with Gasteiger partial charge in [-0.1, -0.05) is 29.4 Å². The number of benzene rings is 1. The van der Waals surface area contributed by atoms with E-state index in [0.717, 1.165) is 41.0 Å². The smallest absolute Gasteiger partial charge is 0.254 e. The third-order valence-corrected chi connectivity index (χ3v) is 4.68. The lowest BCUT2D eigenvalue weighted by Gasteiger charge is -2.07. The summed E-state index contributed by atoms with van der Waals surface area (Å²) in [5.74, 6) is 1.98. The van der Waals surface area contributed by atoms with E-state index in [1.165, 1.54) is 0 Å². The number of hydrogen-bond donors (Lipinski definition) is 1. The molecule has 6 heteroatoms. The van der Waals surface area contributed by atoms with Crippen molar-refractivity contribution in [2.45, 2.75) is 19.3 Å². The number of aromatic nitrogens is 2. The first-order valence-electron chi connectivity index (χ1n) is 8.23. The normalized spacial score (nSPS) is 11.7. The van der Waals surface area contributed by atoms with Crippen LogP contribution in [0.5, 0.6) is 5.75 Å². The molecule has 0 aliphatic heterocycles. The van der Waals surface area contributed by atoms with Crippen molar-refractivity contribution in [1.82, 2.24) is 10.1 Å². The van der Waals surface area contributed by atoms with Gasteiger partial charge in [-0.25, -0.2) is 0 Å². The SMILES string of the molecule is COc1ccccc1/C=C(\CCCCN)c1nc(-c2cccs2)no1. The van der Waals surface area contributed by atoms with Crippen LogP contribution < -0.4 is 10.5 Å². The maximum Gasteiger partial charge on any atom is 0.254 e. The van der Waals surface area contributed by atoms with Gasteiger partial charge in [0.05, 0.1) is 12.0 Å². The zero-order valence-corrected chi connectivity index (χ0v) is 15.0. The summed E-state index contributed by atoms with van der Waals surface area (Å²) in [5, 5.41) is 6.12. The monoisotopic (exact) mass is 355 g/mol. The minimum atomic E-state index is 0.548. The molecule has 2 N–H and O–H groups in total. The molecule has 0 spiro atoms. The molecule has 25 heavy (non-hydrogen) atoms. The van der Waals surface area contributed by atoms with E-state index in [1.807, 2.05) is 41.8 Å². The van der Waals surface area contributed by atoms with Gasteiger partial charge >= 0.3 is 0 Å². The fourth-order valence-electron chi connectivity index (χ4n) is 2.53. The van der Waals surface area contributed by atoms with Crippen LogP contribution in [-0.2, 0) is 0 Å². The Hall–Kier alpha value is -2.44. The molecule has 0 radical (unpaired) electrons. The van der Waals surface area contributed by atoms with Crippen molar-refractivity contribution >= 4 is 23.0 Å². The molecule has 0 amide bonds. The van der Waals surface area contributed by atoms with Crippen LogP contribution in [0.1, 0.15) is 30.7 Å². The second kappa shape index (κ2) is 8.60. The van der Waals surface area contributed by atoms with E-state index in [2.05, 4.69) is 16.2 Å². The molecule has 3 rings (SSSR count). The Morgan fingerprint density at radius 3 is 2.88 bits per heavy atom. The fraction of sp³-hybridized carbons (Fsp3) is 0.263. The first-order chi connectivity index (χ1) is 12.3. The first-order valence-corrected chi connectivity index (χ1v) is 9.11. The number of nitrogens with two attached hydrogens (primary N) is 1. The summed E-state index contributed by atoms with van der Waals surface area (Å²) >= 11 is 1.59. The Kier molecular flexibility index (Phi) is 5.98. The number of allylic oxidation sites excluding steroid dienone is 1. The van der Waals surface area contributed by atoms with E-state index >= 15 is 0 Å².